The quantitative estimate of drug-likeness (QED) is 0.846. The highest BCUT2D eigenvalue weighted by Gasteiger charge is 2.22. The Labute approximate surface area is 126 Å². The average Bonchev–Trinajstić information content (AvgIpc) is 2.97. The van der Waals surface area contributed by atoms with Gasteiger partial charge in [0.25, 0.3) is 0 Å². The molecule has 2 N–H and O–H groups in total. The summed E-state index contributed by atoms with van der Waals surface area (Å²) in [5.74, 6) is 0.515. The van der Waals surface area contributed by atoms with E-state index in [1.807, 2.05) is 0 Å². The third kappa shape index (κ3) is 4.81. The Kier molecular flexibility index (Phi) is 5.34. The summed E-state index contributed by atoms with van der Waals surface area (Å²) in [5, 5.41) is 6.32. The van der Waals surface area contributed by atoms with Gasteiger partial charge < -0.3 is 10.6 Å². The first-order valence-corrected chi connectivity index (χ1v) is 7.71. The van der Waals surface area contributed by atoms with Crippen LogP contribution < -0.4 is 10.6 Å². The summed E-state index contributed by atoms with van der Waals surface area (Å²) in [6.07, 6.45) is 2.72. The summed E-state index contributed by atoms with van der Waals surface area (Å²) in [5.41, 5.74) is 0.836. The number of halogens is 1. The Hall–Kier alpha value is -1.42. The fourth-order valence-electron chi connectivity index (χ4n) is 2.71. The van der Waals surface area contributed by atoms with E-state index in [9.17, 15) is 9.18 Å². The van der Waals surface area contributed by atoms with E-state index >= 15 is 0 Å². The van der Waals surface area contributed by atoms with Crippen molar-refractivity contribution in [3.8, 4) is 0 Å². The first kappa shape index (κ1) is 16.0. The minimum absolute atomic E-state index is 0.108. The fourth-order valence-corrected chi connectivity index (χ4v) is 2.71. The van der Waals surface area contributed by atoms with Crippen LogP contribution in [0.15, 0.2) is 24.3 Å². The standard InChI is InChI=1S/C17H25FN2O/c1-17(2,14-4-6-15(18)7-5-14)12-20-16(21)8-3-13-9-10-19-11-13/h4-7,13,19H,3,8-12H2,1-2H3,(H,20,21). The predicted octanol–water partition coefficient (Wildman–Crippen LogP) is 2.61. The fraction of sp³-hybridized carbons (Fsp3) is 0.588. The molecule has 1 atom stereocenters. The van der Waals surface area contributed by atoms with Crippen LogP contribution in [-0.2, 0) is 10.2 Å². The van der Waals surface area contributed by atoms with Crippen LogP contribution in [0.1, 0.15) is 38.7 Å². The predicted molar refractivity (Wildman–Crippen MR) is 82.6 cm³/mol. The van der Waals surface area contributed by atoms with Gasteiger partial charge in [0.05, 0.1) is 0 Å². The molecule has 1 aliphatic rings. The third-order valence-electron chi connectivity index (χ3n) is 4.30. The van der Waals surface area contributed by atoms with Crippen molar-refractivity contribution < 1.29 is 9.18 Å². The maximum Gasteiger partial charge on any atom is 0.220 e. The van der Waals surface area contributed by atoms with Gasteiger partial charge in [-0.1, -0.05) is 26.0 Å². The van der Waals surface area contributed by atoms with Gasteiger partial charge in [-0.2, -0.15) is 0 Å². The minimum atomic E-state index is -0.233. The molecule has 1 fully saturated rings. The molecule has 1 aliphatic heterocycles. The highest BCUT2D eigenvalue weighted by atomic mass is 19.1. The van der Waals surface area contributed by atoms with Crippen LogP contribution >= 0.6 is 0 Å². The van der Waals surface area contributed by atoms with E-state index in [0.717, 1.165) is 25.1 Å². The monoisotopic (exact) mass is 292 g/mol. The lowest BCUT2D eigenvalue weighted by atomic mass is 9.84. The highest BCUT2D eigenvalue weighted by Crippen LogP contribution is 2.22. The van der Waals surface area contributed by atoms with Crippen molar-refractivity contribution in [1.82, 2.24) is 10.6 Å². The van der Waals surface area contributed by atoms with Gasteiger partial charge in [-0.3, -0.25) is 4.79 Å². The van der Waals surface area contributed by atoms with Crippen molar-refractivity contribution in [3.05, 3.63) is 35.6 Å². The molecule has 1 unspecified atom stereocenters. The average molecular weight is 292 g/mol. The molecule has 1 aromatic carbocycles. The van der Waals surface area contributed by atoms with Gasteiger partial charge in [0, 0.05) is 18.4 Å². The number of hydrogen-bond acceptors (Lipinski definition) is 2. The van der Waals surface area contributed by atoms with E-state index in [1.54, 1.807) is 12.1 Å². The van der Waals surface area contributed by atoms with Crippen LogP contribution in [0, 0.1) is 11.7 Å². The number of rotatable bonds is 6. The van der Waals surface area contributed by atoms with Gasteiger partial charge in [0.15, 0.2) is 0 Å². The summed E-state index contributed by atoms with van der Waals surface area (Å²) in [6.45, 7) is 6.79. The number of carbonyl (C=O) groups excluding carboxylic acids is 1. The maximum atomic E-state index is 13.0. The molecule has 0 bridgehead atoms. The number of hydrogen-bond donors (Lipinski definition) is 2. The van der Waals surface area contributed by atoms with Gasteiger partial charge in [0.1, 0.15) is 5.82 Å². The van der Waals surface area contributed by atoms with E-state index < -0.39 is 0 Å². The van der Waals surface area contributed by atoms with Crippen LogP contribution in [0.25, 0.3) is 0 Å². The molecule has 4 heteroatoms. The zero-order valence-electron chi connectivity index (χ0n) is 12.9. The molecular weight excluding hydrogens is 267 g/mol. The second-order valence-electron chi connectivity index (χ2n) is 6.57. The molecular formula is C17H25FN2O. The van der Waals surface area contributed by atoms with Crippen molar-refractivity contribution in [3.63, 3.8) is 0 Å². The topological polar surface area (TPSA) is 41.1 Å². The largest absolute Gasteiger partial charge is 0.355 e. The zero-order chi connectivity index (χ0) is 15.3. The number of amides is 1. The Morgan fingerprint density at radius 3 is 2.71 bits per heavy atom. The van der Waals surface area contributed by atoms with E-state index in [-0.39, 0.29) is 17.1 Å². The lowest BCUT2D eigenvalue weighted by Crippen LogP contribution is -2.36. The van der Waals surface area contributed by atoms with Crippen molar-refractivity contribution in [2.24, 2.45) is 5.92 Å². The lowest BCUT2D eigenvalue weighted by Gasteiger charge is -2.25. The van der Waals surface area contributed by atoms with E-state index in [4.69, 9.17) is 0 Å². The second-order valence-corrected chi connectivity index (χ2v) is 6.57. The first-order valence-electron chi connectivity index (χ1n) is 7.71. The Balaban J connectivity index is 1.77. The molecule has 116 valence electrons. The molecule has 3 nitrogen and oxygen atoms in total. The van der Waals surface area contributed by atoms with Gasteiger partial charge >= 0.3 is 0 Å². The van der Waals surface area contributed by atoms with Crippen LogP contribution in [0.3, 0.4) is 0 Å². The van der Waals surface area contributed by atoms with Crippen molar-refractivity contribution in [2.45, 2.75) is 38.5 Å². The van der Waals surface area contributed by atoms with Gasteiger partial charge in [-0.15, -0.1) is 0 Å². The van der Waals surface area contributed by atoms with Crippen LogP contribution in [0.5, 0.6) is 0 Å². The molecule has 1 saturated heterocycles. The molecule has 0 spiro atoms. The van der Waals surface area contributed by atoms with Gasteiger partial charge in [-0.25, -0.2) is 4.39 Å². The van der Waals surface area contributed by atoms with E-state index in [0.29, 0.717) is 18.9 Å². The molecule has 0 aromatic heterocycles. The molecule has 1 aromatic rings. The third-order valence-corrected chi connectivity index (χ3v) is 4.30. The smallest absolute Gasteiger partial charge is 0.220 e. The molecule has 0 saturated carbocycles. The molecule has 0 aliphatic carbocycles. The number of carbonyl (C=O) groups is 1. The normalized spacial score (nSPS) is 18.7. The molecule has 1 heterocycles. The van der Waals surface area contributed by atoms with Crippen molar-refractivity contribution in [1.29, 1.82) is 0 Å². The van der Waals surface area contributed by atoms with E-state index in [1.165, 1.54) is 18.6 Å². The summed E-state index contributed by atoms with van der Waals surface area (Å²) in [7, 11) is 0. The van der Waals surface area contributed by atoms with Gasteiger partial charge in [0.2, 0.25) is 5.91 Å². The highest BCUT2D eigenvalue weighted by molar-refractivity contribution is 5.76. The SMILES string of the molecule is CC(C)(CNC(=O)CCC1CCNC1)c1ccc(F)cc1. The minimum Gasteiger partial charge on any atom is -0.355 e. The second kappa shape index (κ2) is 7.03. The van der Waals surface area contributed by atoms with Crippen LogP contribution in [-0.4, -0.2) is 25.5 Å². The summed E-state index contributed by atoms with van der Waals surface area (Å²) >= 11 is 0. The number of nitrogens with one attached hydrogen (secondary N) is 2. The van der Waals surface area contributed by atoms with Gasteiger partial charge in [-0.05, 0) is 49.5 Å². The Morgan fingerprint density at radius 1 is 1.38 bits per heavy atom. The lowest BCUT2D eigenvalue weighted by molar-refractivity contribution is -0.121. The molecule has 2 rings (SSSR count). The number of benzene rings is 1. The van der Waals surface area contributed by atoms with Crippen LogP contribution in [0.2, 0.25) is 0 Å². The first-order chi connectivity index (χ1) is 9.97. The maximum absolute atomic E-state index is 13.0. The van der Waals surface area contributed by atoms with Crippen molar-refractivity contribution in [2.75, 3.05) is 19.6 Å². The zero-order valence-corrected chi connectivity index (χ0v) is 12.9. The van der Waals surface area contributed by atoms with E-state index in [2.05, 4.69) is 24.5 Å². The summed E-state index contributed by atoms with van der Waals surface area (Å²) in [4.78, 5) is 11.9. The van der Waals surface area contributed by atoms with Crippen molar-refractivity contribution >= 4 is 5.91 Å². The summed E-state index contributed by atoms with van der Waals surface area (Å²) < 4.78 is 13.0. The molecule has 21 heavy (non-hydrogen) atoms. The van der Waals surface area contributed by atoms with Crippen LogP contribution in [0.4, 0.5) is 4.39 Å². The molecule has 0 radical (unpaired) electrons. The Morgan fingerprint density at radius 2 is 2.10 bits per heavy atom. The Bertz CT molecular complexity index is 464. The summed E-state index contributed by atoms with van der Waals surface area (Å²) in [6, 6.07) is 6.50. The molecule has 1 amide bonds.